The van der Waals surface area contributed by atoms with Crippen molar-refractivity contribution in [1.29, 1.82) is 0 Å². The molecule has 3 aromatic rings. The van der Waals surface area contributed by atoms with Crippen molar-refractivity contribution < 1.29 is 19.4 Å². The number of carbonyl (C=O) groups is 2. The number of hydrogen-bond donors (Lipinski definition) is 1. The van der Waals surface area contributed by atoms with E-state index in [4.69, 9.17) is 4.74 Å². The number of rotatable bonds is 6. The highest BCUT2D eigenvalue weighted by atomic mass is 16.6. The molecule has 0 unspecified atom stereocenters. The summed E-state index contributed by atoms with van der Waals surface area (Å²) in [4.78, 5) is 25.8. The highest BCUT2D eigenvalue weighted by Crippen LogP contribution is 2.24. The molecule has 0 radical (unpaired) electrons. The maximum atomic E-state index is 12.8. The van der Waals surface area contributed by atoms with E-state index < -0.39 is 12.1 Å². The van der Waals surface area contributed by atoms with Crippen LogP contribution in [0.4, 0.5) is 10.5 Å². The maximum absolute atomic E-state index is 12.8. The van der Waals surface area contributed by atoms with Crippen molar-refractivity contribution in [2.75, 3.05) is 4.90 Å². The number of aromatic carboxylic acids is 1. The first-order chi connectivity index (χ1) is 13.1. The third kappa shape index (κ3) is 4.73. The molecule has 0 saturated heterocycles. The van der Waals surface area contributed by atoms with Crippen molar-refractivity contribution in [3.8, 4) is 0 Å². The molecular formula is C22H19NO4. The zero-order chi connectivity index (χ0) is 19.1. The van der Waals surface area contributed by atoms with Gasteiger partial charge in [-0.15, -0.1) is 0 Å². The Balaban J connectivity index is 1.88. The fourth-order valence-electron chi connectivity index (χ4n) is 2.70. The van der Waals surface area contributed by atoms with Gasteiger partial charge in [-0.25, -0.2) is 9.59 Å². The van der Waals surface area contributed by atoms with Gasteiger partial charge in [0.25, 0.3) is 0 Å². The van der Waals surface area contributed by atoms with E-state index in [0.29, 0.717) is 5.69 Å². The molecule has 5 nitrogen and oxygen atoms in total. The molecule has 1 amide bonds. The van der Waals surface area contributed by atoms with Crippen molar-refractivity contribution in [3.63, 3.8) is 0 Å². The molecule has 0 aliphatic heterocycles. The van der Waals surface area contributed by atoms with E-state index in [1.165, 1.54) is 11.0 Å². The minimum absolute atomic E-state index is 0.0464. The van der Waals surface area contributed by atoms with Gasteiger partial charge in [0, 0.05) is 0 Å². The second-order valence-electron chi connectivity index (χ2n) is 5.93. The predicted molar refractivity (Wildman–Crippen MR) is 103 cm³/mol. The van der Waals surface area contributed by atoms with Crippen LogP contribution in [-0.4, -0.2) is 17.2 Å². The highest BCUT2D eigenvalue weighted by Gasteiger charge is 2.23. The molecule has 0 fully saturated rings. The number of amides is 1. The van der Waals surface area contributed by atoms with Gasteiger partial charge in [-0.1, -0.05) is 72.8 Å². The smallest absolute Gasteiger partial charge is 0.414 e. The van der Waals surface area contributed by atoms with Crippen molar-refractivity contribution in [2.24, 2.45) is 0 Å². The summed E-state index contributed by atoms with van der Waals surface area (Å²) in [5.74, 6) is -1.10. The average molecular weight is 361 g/mol. The van der Waals surface area contributed by atoms with Gasteiger partial charge in [0.2, 0.25) is 0 Å². The first kappa shape index (κ1) is 18.2. The fourth-order valence-corrected chi connectivity index (χ4v) is 2.70. The van der Waals surface area contributed by atoms with Crippen molar-refractivity contribution >= 4 is 17.7 Å². The molecule has 3 rings (SSSR count). The number of hydrogen-bond acceptors (Lipinski definition) is 3. The summed E-state index contributed by atoms with van der Waals surface area (Å²) in [5, 5.41) is 9.49. The van der Waals surface area contributed by atoms with E-state index in [0.717, 1.165) is 11.1 Å². The van der Waals surface area contributed by atoms with Gasteiger partial charge < -0.3 is 9.84 Å². The molecule has 0 bridgehead atoms. The van der Waals surface area contributed by atoms with Crippen LogP contribution in [0.25, 0.3) is 0 Å². The van der Waals surface area contributed by atoms with Gasteiger partial charge in [-0.3, -0.25) is 4.90 Å². The Hall–Kier alpha value is -3.60. The number of carboxylic acids is 1. The molecule has 0 aromatic heterocycles. The Morgan fingerprint density at radius 1 is 0.778 bits per heavy atom. The number of benzene rings is 3. The fraction of sp³-hybridized carbons (Fsp3) is 0.0909. The second kappa shape index (κ2) is 8.67. The average Bonchev–Trinajstić information content (AvgIpc) is 2.72. The zero-order valence-corrected chi connectivity index (χ0v) is 14.6. The van der Waals surface area contributed by atoms with Gasteiger partial charge in [0.1, 0.15) is 6.61 Å². The first-order valence-corrected chi connectivity index (χ1v) is 8.49. The quantitative estimate of drug-likeness (QED) is 0.689. The Labute approximate surface area is 157 Å². The third-order valence-corrected chi connectivity index (χ3v) is 4.03. The SMILES string of the molecule is O=C(O)c1ccccc1N(Cc1ccccc1)C(=O)OCc1ccccc1. The molecule has 0 heterocycles. The van der Waals surface area contributed by atoms with Gasteiger partial charge >= 0.3 is 12.1 Å². The van der Waals surface area contributed by atoms with E-state index in [1.807, 2.05) is 60.7 Å². The van der Waals surface area contributed by atoms with Crippen molar-refractivity contribution in [1.82, 2.24) is 0 Å². The van der Waals surface area contributed by atoms with E-state index in [-0.39, 0.29) is 18.7 Å². The lowest BCUT2D eigenvalue weighted by atomic mass is 10.1. The second-order valence-corrected chi connectivity index (χ2v) is 5.93. The Kier molecular flexibility index (Phi) is 5.84. The largest absolute Gasteiger partial charge is 0.478 e. The molecule has 3 aromatic carbocycles. The summed E-state index contributed by atoms with van der Waals surface area (Å²) in [6, 6.07) is 25.1. The number of para-hydroxylation sites is 1. The van der Waals surface area contributed by atoms with Crippen LogP contribution in [0.5, 0.6) is 0 Å². The number of ether oxygens (including phenoxy) is 1. The lowest BCUT2D eigenvalue weighted by Crippen LogP contribution is -2.32. The molecule has 5 heteroatoms. The molecule has 0 aliphatic carbocycles. The summed E-state index contributed by atoms with van der Waals surface area (Å²) in [6.07, 6.45) is -0.601. The van der Waals surface area contributed by atoms with Crippen LogP contribution in [0.3, 0.4) is 0 Å². The Morgan fingerprint density at radius 3 is 1.96 bits per heavy atom. The van der Waals surface area contributed by atoms with Crippen LogP contribution in [0, 0.1) is 0 Å². The van der Waals surface area contributed by atoms with Crippen LogP contribution in [0.2, 0.25) is 0 Å². The zero-order valence-electron chi connectivity index (χ0n) is 14.6. The molecule has 0 atom stereocenters. The molecule has 1 N–H and O–H groups in total. The summed E-state index contributed by atoms with van der Waals surface area (Å²) in [7, 11) is 0. The molecular weight excluding hydrogens is 342 g/mol. The maximum Gasteiger partial charge on any atom is 0.414 e. The van der Waals surface area contributed by atoms with E-state index in [1.54, 1.807) is 18.2 Å². The van der Waals surface area contributed by atoms with Gasteiger partial charge in [-0.05, 0) is 23.3 Å². The molecule has 0 spiro atoms. The van der Waals surface area contributed by atoms with Gasteiger partial charge in [0.05, 0.1) is 17.8 Å². The van der Waals surface area contributed by atoms with Crippen LogP contribution in [-0.2, 0) is 17.9 Å². The van der Waals surface area contributed by atoms with Gasteiger partial charge in [-0.2, -0.15) is 0 Å². The molecule has 0 saturated carbocycles. The number of carboxylic acid groups (broad SMARTS) is 1. The predicted octanol–water partition coefficient (Wildman–Crippen LogP) is 4.73. The number of nitrogens with zero attached hydrogens (tertiary/aromatic N) is 1. The topological polar surface area (TPSA) is 66.8 Å². The van der Waals surface area contributed by atoms with Gasteiger partial charge in [0.15, 0.2) is 0 Å². The number of anilines is 1. The molecule has 136 valence electrons. The van der Waals surface area contributed by atoms with E-state index in [2.05, 4.69) is 0 Å². The lowest BCUT2D eigenvalue weighted by molar-refractivity contribution is 0.0697. The minimum Gasteiger partial charge on any atom is -0.478 e. The van der Waals surface area contributed by atoms with Crippen LogP contribution in [0.15, 0.2) is 84.9 Å². The summed E-state index contributed by atoms with van der Waals surface area (Å²) >= 11 is 0. The monoisotopic (exact) mass is 361 g/mol. The first-order valence-electron chi connectivity index (χ1n) is 8.49. The normalized spacial score (nSPS) is 10.2. The third-order valence-electron chi connectivity index (χ3n) is 4.03. The summed E-state index contributed by atoms with van der Waals surface area (Å²) in [5.41, 5.74) is 2.07. The van der Waals surface area contributed by atoms with Crippen LogP contribution in [0.1, 0.15) is 21.5 Å². The summed E-state index contributed by atoms with van der Waals surface area (Å²) in [6.45, 7) is 0.318. The standard InChI is InChI=1S/C22H19NO4/c24-21(25)19-13-7-8-14-20(19)23(15-17-9-3-1-4-10-17)22(26)27-16-18-11-5-2-6-12-18/h1-14H,15-16H2,(H,24,25). The van der Waals surface area contributed by atoms with Crippen LogP contribution < -0.4 is 4.90 Å². The lowest BCUT2D eigenvalue weighted by Gasteiger charge is -2.24. The van der Waals surface area contributed by atoms with Crippen LogP contribution >= 0.6 is 0 Å². The van der Waals surface area contributed by atoms with Crippen molar-refractivity contribution in [2.45, 2.75) is 13.2 Å². The Bertz CT molecular complexity index is 910. The van der Waals surface area contributed by atoms with E-state index in [9.17, 15) is 14.7 Å². The summed E-state index contributed by atoms with van der Waals surface area (Å²) < 4.78 is 5.45. The van der Waals surface area contributed by atoms with Crippen molar-refractivity contribution in [3.05, 3.63) is 102 Å². The highest BCUT2D eigenvalue weighted by molar-refractivity contribution is 5.99. The van der Waals surface area contributed by atoms with E-state index >= 15 is 0 Å². The minimum atomic E-state index is -1.10. The molecule has 27 heavy (non-hydrogen) atoms. The number of carbonyl (C=O) groups excluding carboxylic acids is 1. The molecule has 0 aliphatic rings. The Morgan fingerprint density at radius 2 is 1.33 bits per heavy atom.